The molecular formula is C9H12N2O2. The predicted octanol–water partition coefficient (Wildman–Crippen LogP) is 1.14. The lowest BCUT2D eigenvalue weighted by Crippen LogP contribution is -2.03. The zero-order valence-corrected chi connectivity index (χ0v) is 7.45. The summed E-state index contributed by atoms with van der Waals surface area (Å²) in [6.07, 6.45) is 1.62. The summed E-state index contributed by atoms with van der Waals surface area (Å²) >= 11 is 0. The van der Waals surface area contributed by atoms with Gasteiger partial charge in [-0.15, -0.1) is 0 Å². The Morgan fingerprint density at radius 2 is 2.38 bits per heavy atom. The van der Waals surface area contributed by atoms with Gasteiger partial charge < -0.3 is 10.4 Å². The van der Waals surface area contributed by atoms with Gasteiger partial charge in [-0.25, -0.2) is 0 Å². The Hall–Kier alpha value is -1.58. The van der Waals surface area contributed by atoms with Gasteiger partial charge in [-0.3, -0.25) is 9.78 Å². The molecule has 0 saturated heterocycles. The minimum atomic E-state index is -0.858. The first kappa shape index (κ1) is 9.51. The van der Waals surface area contributed by atoms with Crippen molar-refractivity contribution in [2.45, 2.75) is 13.3 Å². The number of aromatic nitrogens is 1. The lowest BCUT2D eigenvalue weighted by Gasteiger charge is -2.02. The maximum absolute atomic E-state index is 10.3. The molecule has 0 fully saturated rings. The Labute approximate surface area is 76.6 Å². The third-order valence-corrected chi connectivity index (χ3v) is 1.54. The average molecular weight is 180 g/mol. The van der Waals surface area contributed by atoms with E-state index in [1.165, 1.54) is 0 Å². The van der Waals surface area contributed by atoms with Crippen molar-refractivity contribution in [3.63, 3.8) is 0 Å². The summed E-state index contributed by atoms with van der Waals surface area (Å²) in [7, 11) is 0. The topological polar surface area (TPSA) is 62.2 Å². The first-order chi connectivity index (χ1) is 6.22. The number of nitrogens with one attached hydrogen (secondary N) is 1. The first-order valence-electron chi connectivity index (χ1n) is 4.13. The number of carbonyl (C=O) groups is 1. The van der Waals surface area contributed by atoms with Gasteiger partial charge in [-0.2, -0.15) is 0 Å². The molecule has 4 heteroatoms. The fraction of sp³-hybridized carbons (Fsp3) is 0.333. The summed E-state index contributed by atoms with van der Waals surface area (Å²) in [4.78, 5) is 14.3. The molecule has 2 N–H and O–H groups in total. The SMILES string of the molecule is CCNc1ccc(CC(=O)O)nc1. The van der Waals surface area contributed by atoms with Gasteiger partial charge in [0.1, 0.15) is 0 Å². The van der Waals surface area contributed by atoms with Crippen LogP contribution in [-0.4, -0.2) is 22.6 Å². The molecule has 0 aliphatic heterocycles. The molecule has 1 rings (SSSR count). The lowest BCUT2D eigenvalue weighted by molar-refractivity contribution is -0.136. The van der Waals surface area contributed by atoms with Gasteiger partial charge in [0.25, 0.3) is 0 Å². The number of rotatable bonds is 4. The van der Waals surface area contributed by atoms with Gasteiger partial charge in [0.05, 0.1) is 24.0 Å². The van der Waals surface area contributed by atoms with E-state index in [0.29, 0.717) is 5.69 Å². The van der Waals surface area contributed by atoms with Crippen molar-refractivity contribution in [3.8, 4) is 0 Å². The fourth-order valence-electron chi connectivity index (χ4n) is 0.993. The van der Waals surface area contributed by atoms with Crippen LogP contribution in [0.1, 0.15) is 12.6 Å². The number of anilines is 1. The third-order valence-electron chi connectivity index (χ3n) is 1.54. The van der Waals surface area contributed by atoms with Crippen molar-refractivity contribution in [3.05, 3.63) is 24.0 Å². The van der Waals surface area contributed by atoms with E-state index in [-0.39, 0.29) is 6.42 Å². The zero-order chi connectivity index (χ0) is 9.68. The van der Waals surface area contributed by atoms with Crippen molar-refractivity contribution in [1.82, 2.24) is 4.98 Å². The molecule has 0 atom stereocenters. The number of pyridine rings is 1. The van der Waals surface area contributed by atoms with Crippen LogP contribution in [-0.2, 0) is 11.2 Å². The van der Waals surface area contributed by atoms with Crippen LogP contribution in [0.15, 0.2) is 18.3 Å². The molecule has 0 aliphatic rings. The Morgan fingerprint density at radius 1 is 1.62 bits per heavy atom. The minimum absolute atomic E-state index is 0.0214. The Bertz CT molecular complexity index is 282. The van der Waals surface area contributed by atoms with Crippen LogP contribution in [0.25, 0.3) is 0 Å². The normalized spacial score (nSPS) is 9.62. The Morgan fingerprint density at radius 3 is 2.85 bits per heavy atom. The van der Waals surface area contributed by atoms with E-state index in [2.05, 4.69) is 10.3 Å². The Kier molecular flexibility index (Phi) is 3.25. The lowest BCUT2D eigenvalue weighted by atomic mass is 10.2. The second-order valence-corrected chi connectivity index (χ2v) is 2.64. The van der Waals surface area contributed by atoms with E-state index < -0.39 is 5.97 Å². The molecule has 0 unspecified atom stereocenters. The van der Waals surface area contributed by atoms with E-state index in [0.717, 1.165) is 12.2 Å². The second-order valence-electron chi connectivity index (χ2n) is 2.64. The van der Waals surface area contributed by atoms with E-state index in [1.54, 1.807) is 12.3 Å². The summed E-state index contributed by atoms with van der Waals surface area (Å²) < 4.78 is 0. The van der Waals surface area contributed by atoms with Crippen molar-refractivity contribution in [2.24, 2.45) is 0 Å². The first-order valence-corrected chi connectivity index (χ1v) is 4.13. The molecule has 4 nitrogen and oxygen atoms in total. The zero-order valence-electron chi connectivity index (χ0n) is 7.45. The van der Waals surface area contributed by atoms with Crippen LogP contribution in [0.3, 0.4) is 0 Å². The van der Waals surface area contributed by atoms with E-state index in [1.807, 2.05) is 13.0 Å². The summed E-state index contributed by atoms with van der Waals surface area (Å²) in [5.41, 5.74) is 1.49. The van der Waals surface area contributed by atoms with Crippen LogP contribution in [0.4, 0.5) is 5.69 Å². The molecule has 0 radical (unpaired) electrons. The van der Waals surface area contributed by atoms with Crippen LogP contribution < -0.4 is 5.32 Å². The molecule has 13 heavy (non-hydrogen) atoms. The molecule has 0 aromatic carbocycles. The highest BCUT2D eigenvalue weighted by Crippen LogP contribution is 2.05. The fourth-order valence-corrected chi connectivity index (χ4v) is 0.993. The molecule has 0 aliphatic carbocycles. The summed E-state index contributed by atoms with van der Waals surface area (Å²) in [5, 5.41) is 11.6. The monoisotopic (exact) mass is 180 g/mol. The highest BCUT2D eigenvalue weighted by atomic mass is 16.4. The number of aliphatic carboxylic acids is 1. The number of carboxylic acids is 1. The standard InChI is InChI=1S/C9H12N2O2/c1-2-10-8-4-3-7(11-6-8)5-9(12)13/h3-4,6,10H,2,5H2,1H3,(H,12,13). The summed E-state index contributed by atoms with van der Waals surface area (Å²) in [6.45, 7) is 2.82. The Balaban J connectivity index is 2.64. The molecule has 1 aromatic heterocycles. The molecule has 1 heterocycles. The van der Waals surface area contributed by atoms with Crippen molar-refractivity contribution in [2.75, 3.05) is 11.9 Å². The van der Waals surface area contributed by atoms with Crippen LogP contribution in [0.5, 0.6) is 0 Å². The third kappa shape index (κ3) is 3.11. The summed E-state index contributed by atoms with van der Waals surface area (Å²) in [6, 6.07) is 3.54. The van der Waals surface area contributed by atoms with Gasteiger partial charge in [-0.05, 0) is 19.1 Å². The van der Waals surface area contributed by atoms with Crippen LogP contribution in [0.2, 0.25) is 0 Å². The maximum Gasteiger partial charge on any atom is 0.309 e. The number of hydrogen-bond acceptors (Lipinski definition) is 3. The molecule has 1 aromatic rings. The smallest absolute Gasteiger partial charge is 0.309 e. The molecule has 0 spiro atoms. The maximum atomic E-state index is 10.3. The number of hydrogen-bond donors (Lipinski definition) is 2. The predicted molar refractivity (Wildman–Crippen MR) is 49.7 cm³/mol. The highest BCUT2D eigenvalue weighted by molar-refractivity contribution is 5.69. The van der Waals surface area contributed by atoms with E-state index in [9.17, 15) is 4.79 Å². The summed E-state index contributed by atoms with van der Waals surface area (Å²) in [5.74, 6) is -0.858. The van der Waals surface area contributed by atoms with Crippen LogP contribution in [0, 0.1) is 0 Å². The van der Waals surface area contributed by atoms with Gasteiger partial charge >= 0.3 is 5.97 Å². The number of nitrogens with zero attached hydrogens (tertiary/aromatic N) is 1. The highest BCUT2D eigenvalue weighted by Gasteiger charge is 2.00. The van der Waals surface area contributed by atoms with Gasteiger partial charge in [0, 0.05) is 6.54 Å². The van der Waals surface area contributed by atoms with E-state index >= 15 is 0 Å². The molecule has 0 bridgehead atoms. The van der Waals surface area contributed by atoms with Crippen LogP contribution >= 0.6 is 0 Å². The number of carboxylic acid groups (broad SMARTS) is 1. The van der Waals surface area contributed by atoms with Gasteiger partial charge in [-0.1, -0.05) is 0 Å². The largest absolute Gasteiger partial charge is 0.481 e. The van der Waals surface area contributed by atoms with Crippen molar-refractivity contribution >= 4 is 11.7 Å². The second kappa shape index (κ2) is 4.45. The minimum Gasteiger partial charge on any atom is -0.481 e. The van der Waals surface area contributed by atoms with Crippen molar-refractivity contribution < 1.29 is 9.90 Å². The molecular weight excluding hydrogens is 168 g/mol. The molecule has 0 saturated carbocycles. The van der Waals surface area contributed by atoms with Gasteiger partial charge in [0.15, 0.2) is 0 Å². The van der Waals surface area contributed by atoms with Gasteiger partial charge in [0.2, 0.25) is 0 Å². The molecule has 70 valence electrons. The quantitative estimate of drug-likeness (QED) is 0.729. The molecule has 0 amide bonds. The van der Waals surface area contributed by atoms with Crippen molar-refractivity contribution in [1.29, 1.82) is 0 Å². The van der Waals surface area contributed by atoms with E-state index in [4.69, 9.17) is 5.11 Å². The average Bonchev–Trinajstić information content (AvgIpc) is 2.08.